The number of carbonyl (C=O) groups excluding carboxylic acids is 3. The van der Waals surface area contributed by atoms with Crippen LogP contribution in [-0.2, 0) is 19.1 Å². The predicted octanol–water partition coefficient (Wildman–Crippen LogP) is 0.410. The Kier molecular flexibility index (Phi) is 5.81. The Morgan fingerprint density at radius 1 is 1.16 bits per heavy atom. The number of amides is 2. The van der Waals surface area contributed by atoms with Crippen LogP contribution in [0, 0.1) is 0 Å². The first-order valence-electron chi connectivity index (χ1n) is 5.53. The molecule has 0 radical (unpaired) electrons. The molecule has 2 N–H and O–H groups in total. The third-order valence-corrected chi connectivity index (χ3v) is 1.93. The number of esters is 1. The summed E-state index contributed by atoms with van der Waals surface area (Å²) >= 11 is 0. The van der Waals surface area contributed by atoms with Gasteiger partial charge in [0.1, 0.15) is 0 Å². The normalized spacial score (nSPS) is 9.95. The molecule has 100 valence electrons. The van der Waals surface area contributed by atoms with Crippen LogP contribution in [0.3, 0.4) is 0 Å². The fraction of sp³-hybridized carbons (Fsp3) is 0.154. The van der Waals surface area contributed by atoms with Crippen molar-refractivity contribution in [2.45, 2.75) is 6.92 Å². The van der Waals surface area contributed by atoms with E-state index in [1.807, 2.05) is 30.3 Å². The molecule has 0 saturated heterocycles. The zero-order valence-corrected chi connectivity index (χ0v) is 10.4. The van der Waals surface area contributed by atoms with Gasteiger partial charge in [0.2, 0.25) is 5.91 Å². The predicted molar refractivity (Wildman–Crippen MR) is 68.4 cm³/mol. The van der Waals surface area contributed by atoms with E-state index in [1.54, 1.807) is 6.08 Å². The molecule has 0 saturated carbocycles. The summed E-state index contributed by atoms with van der Waals surface area (Å²) in [6.45, 7) is 0.785. The third kappa shape index (κ3) is 6.62. The van der Waals surface area contributed by atoms with E-state index in [0.29, 0.717) is 0 Å². The van der Waals surface area contributed by atoms with Crippen molar-refractivity contribution in [3.63, 3.8) is 0 Å². The molecule has 0 aliphatic carbocycles. The van der Waals surface area contributed by atoms with Crippen LogP contribution in [0.5, 0.6) is 0 Å². The molecule has 0 spiro atoms. The number of hydrazine groups is 1. The van der Waals surface area contributed by atoms with Gasteiger partial charge in [0.05, 0.1) is 0 Å². The lowest BCUT2D eigenvalue weighted by Crippen LogP contribution is -2.42. The zero-order valence-electron chi connectivity index (χ0n) is 10.4. The maximum Gasteiger partial charge on any atom is 0.331 e. The minimum Gasteiger partial charge on any atom is -0.452 e. The van der Waals surface area contributed by atoms with Crippen LogP contribution in [0.1, 0.15) is 12.5 Å². The van der Waals surface area contributed by atoms with Crippen molar-refractivity contribution < 1.29 is 19.1 Å². The van der Waals surface area contributed by atoms with E-state index in [4.69, 9.17) is 0 Å². The standard InChI is InChI=1S/C13H14N2O4/c1-10(16)14-15-12(17)9-19-13(18)8-7-11-5-3-2-4-6-11/h2-8H,9H2,1H3,(H,14,16)(H,15,17)/b8-7+. The van der Waals surface area contributed by atoms with E-state index in [1.165, 1.54) is 13.0 Å². The van der Waals surface area contributed by atoms with Crippen LogP contribution in [0.15, 0.2) is 36.4 Å². The molecule has 0 aromatic heterocycles. The lowest BCUT2D eigenvalue weighted by atomic mass is 10.2. The summed E-state index contributed by atoms with van der Waals surface area (Å²) in [5.41, 5.74) is 5.00. The van der Waals surface area contributed by atoms with E-state index in [9.17, 15) is 14.4 Å². The fourth-order valence-corrected chi connectivity index (χ4v) is 1.11. The number of hydrogen-bond donors (Lipinski definition) is 2. The maximum atomic E-state index is 11.3. The van der Waals surface area contributed by atoms with E-state index in [0.717, 1.165) is 5.56 Å². The second-order valence-electron chi connectivity index (χ2n) is 3.58. The van der Waals surface area contributed by atoms with Crippen molar-refractivity contribution in [2.75, 3.05) is 6.61 Å². The molecular formula is C13H14N2O4. The van der Waals surface area contributed by atoms with Crippen molar-refractivity contribution in [1.82, 2.24) is 10.9 Å². The van der Waals surface area contributed by atoms with Gasteiger partial charge in [0.25, 0.3) is 5.91 Å². The minimum absolute atomic E-state index is 0.413. The Morgan fingerprint density at radius 3 is 2.47 bits per heavy atom. The summed E-state index contributed by atoms with van der Waals surface area (Å²) in [4.78, 5) is 32.9. The van der Waals surface area contributed by atoms with Gasteiger partial charge >= 0.3 is 5.97 Å². The Bertz CT molecular complexity index is 483. The summed E-state index contributed by atoms with van der Waals surface area (Å²) in [6, 6.07) is 9.19. The molecule has 0 atom stereocenters. The first kappa shape index (κ1) is 14.4. The van der Waals surface area contributed by atoms with Crippen molar-refractivity contribution in [1.29, 1.82) is 0 Å². The van der Waals surface area contributed by atoms with Gasteiger partial charge in [-0.2, -0.15) is 0 Å². The quantitative estimate of drug-likeness (QED) is 0.467. The molecular weight excluding hydrogens is 248 g/mol. The molecule has 0 unspecified atom stereocenters. The van der Waals surface area contributed by atoms with E-state index >= 15 is 0 Å². The Balaban J connectivity index is 2.30. The number of nitrogens with one attached hydrogen (secondary N) is 2. The minimum atomic E-state index is -0.637. The first-order valence-corrected chi connectivity index (χ1v) is 5.53. The second kappa shape index (κ2) is 7.65. The monoisotopic (exact) mass is 262 g/mol. The van der Waals surface area contributed by atoms with E-state index in [-0.39, 0.29) is 0 Å². The molecule has 0 aliphatic heterocycles. The average molecular weight is 262 g/mol. The third-order valence-electron chi connectivity index (χ3n) is 1.93. The van der Waals surface area contributed by atoms with Crippen LogP contribution in [0.4, 0.5) is 0 Å². The smallest absolute Gasteiger partial charge is 0.331 e. The Hall–Kier alpha value is -2.63. The van der Waals surface area contributed by atoms with E-state index < -0.39 is 24.4 Å². The van der Waals surface area contributed by atoms with Gasteiger partial charge in [-0.05, 0) is 11.6 Å². The molecule has 0 aliphatic rings. The lowest BCUT2D eigenvalue weighted by molar-refractivity contribution is -0.144. The first-order chi connectivity index (χ1) is 9.08. The van der Waals surface area contributed by atoms with Gasteiger partial charge in [-0.25, -0.2) is 4.79 Å². The summed E-state index contributed by atoms with van der Waals surface area (Å²) in [6.07, 6.45) is 2.80. The van der Waals surface area contributed by atoms with Gasteiger partial charge in [-0.15, -0.1) is 0 Å². The maximum absolute atomic E-state index is 11.3. The SMILES string of the molecule is CC(=O)NNC(=O)COC(=O)/C=C/c1ccccc1. The largest absolute Gasteiger partial charge is 0.452 e. The molecule has 1 aromatic carbocycles. The van der Waals surface area contributed by atoms with Gasteiger partial charge < -0.3 is 4.74 Å². The summed E-state index contributed by atoms with van der Waals surface area (Å²) in [5, 5.41) is 0. The van der Waals surface area contributed by atoms with Gasteiger partial charge in [0.15, 0.2) is 6.61 Å². The number of rotatable bonds is 4. The van der Waals surface area contributed by atoms with Crippen molar-refractivity contribution in [3.8, 4) is 0 Å². The number of ether oxygens (including phenoxy) is 1. The highest BCUT2D eigenvalue weighted by Gasteiger charge is 2.04. The molecule has 19 heavy (non-hydrogen) atoms. The molecule has 0 heterocycles. The second-order valence-corrected chi connectivity index (χ2v) is 3.58. The van der Waals surface area contributed by atoms with Crippen molar-refractivity contribution >= 4 is 23.9 Å². The van der Waals surface area contributed by atoms with Crippen molar-refractivity contribution in [2.24, 2.45) is 0 Å². The van der Waals surface area contributed by atoms with Crippen LogP contribution < -0.4 is 10.9 Å². The molecule has 0 fully saturated rings. The highest BCUT2D eigenvalue weighted by atomic mass is 16.5. The van der Waals surface area contributed by atoms with Gasteiger partial charge in [-0.3, -0.25) is 20.4 Å². The number of hydrogen-bond acceptors (Lipinski definition) is 4. The zero-order chi connectivity index (χ0) is 14.1. The Labute approximate surface area is 110 Å². The molecule has 6 heteroatoms. The van der Waals surface area contributed by atoms with Crippen LogP contribution in [0.2, 0.25) is 0 Å². The van der Waals surface area contributed by atoms with Crippen LogP contribution >= 0.6 is 0 Å². The Morgan fingerprint density at radius 2 is 1.84 bits per heavy atom. The molecule has 1 rings (SSSR count). The van der Waals surface area contributed by atoms with Crippen LogP contribution in [-0.4, -0.2) is 24.4 Å². The molecule has 2 amide bonds. The molecule has 6 nitrogen and oxygen atoms in total. The van der Waals surface area contributed by atoms with Crippen LogP contribution in [0.25, 0.3) is 6.08 Å². The molecule has 0 bridgehead atoms. The topological polar surface area (TPSA) is 84.5 Å². The fourth-order valence-electron chi connectivity index (χ4n) is 1.11. The highest BCUT2D eigenvalue weighted by molar-refractivity contribution is 5.89. The van der Waals surface area contributed by atoms with Crippen molar-refractivity contribution in [3.05, 3.63) is 42.0 Å². The summed E-state index contributed by atoms with van der Waals surface area (Å²) in [5.74, 6) is -1.66. The average Bonchev–Trinajstić information content (AvgIpc) is 2.41. The van der Waals surface area contributed by atoms with Gasteiger partial charge in [0, 0.05) is 13.0 Å². The van der Waals surface area contributed by atoms with E-state index in [2.05, 4.69) is 15.6 Å². The van der Waals surface area contributed by atoms with Gasteiger partial charge in [-0.1, -0.05) is 30.3 Å². The highest BCUT2D eigenvalue weighted by Crippen LogP contribution is 2.00. The summed E-state index contributed by atoms with van der Waals surface area (Å²) < 4.78 is 4.67. The number of benzene rings is 1. The summed E-state index contributed by atoms with van der Waals surface area (Å²) in [7, 11) is 0. The number of carbonyl (C=O) groups is 3. The molecule has 1 aromatic rings. The lowest BCUT2D eigenvalue weighted by Gasteiger charge is -2.04.